The number of fused-ring (bicyclic) bond motifs is 1. The van der Waals surface area contributed by atoms with Crippen LogP contribution in [0.1, 0.15) is 39.9 Å². The Kier molecular flexibility index (Phi) is 7.30. The SMILES string of the molecule is COc1ccc(CCNC(=S)NNC(=O)c2ccc3c(c2)CCCC3)cc1OC. The van der Waals surface area contributed by atoms with Crippen LogP contribution >= 0.6 is 12.2 Å². The first-order valence-electron chi connectivity index (χ1n) is 9.77. The largest absolute Gasteiger partial charge is 0.493 e. The molecule has 2 aromatic rings. The molecular formula is C22H27N3O3S. The third kappa shape index (κ3) is 5.60. The molecule has 29 heavy (non-hydrogen) atoms. The van der Waals surface area contributed by atoms with Gasteiger partial charge in [0.05, 0.1) is 14.2 Å². The van der Waals surface area contributed by atoms with E-state index >= 15 is 0 Å². The van der Waals surface area contributed by atoms with E-state index in [1.807, 2.05) is 30.3 Å². The highest BCUT2D eigenvalue weighted by Crippen LogP contribution is 2.27. The number of hydrazine groups is 1. The van der Waals surface area contributed by atoms with Crippen LogP contribution in [0.5, 0.6) is 11.5 Å². The maximum Gasteiger partial charge on any atom is 0.269 e. The third-order valence-electron chi connectivity index (χ3n) is 5.05. The number of carbonyl (C=O) groups excluding carboxylic acids is 1. The quantitative estimate of drug-likeness (QED) is 0.500. The highest BCUT2D eigenvalue weighted by Gasteiger charge is 2.13. The van der Waals surface area contributed by atoms with E-state index in [2.05, 4.69) is 22.2 Å². The van der Waals surface area contributed by atoms with Crippen molar-refractivity contribution in [2.45, 2.75) is 32.1 Å². The third-order valence-corrected chi connectivity index (χ3v) is 5.29. The van der Waals surface area contributed by atoms with Gasteiger partial charge in [0.1, 0.15) is 0 Å². The minimum Gasteiger partial charge on any atom is -0.493 e. The number of methoxy groups -OCH3 is 2. The van der Waals surface area contributed by atoms with Crippen LogP contribution in [0.15, 0.2) is 36.4 Å². The van der Waals surface area contributed by atoms with Gasteiger partial charge in [-0.05, 0) is 85.3 Å². The summed E-state index contributed by atoms with van der Waals surface area (Å²) in [6.45, 7) is 0.621. The van der Waals surface area contributed by atoms with Crippen LogP contribution in [0.2, 0.25) is 0 Å². The van der Waals surface area contributed by atoms with Crippen molar-refractivity contribution >= 4 is 23.2 Å². The first-order valence-corrected chi connectivity index (χ1v) is 10.2. The van der Waals surface area contributed by atoms with Crippen LogP contribution in [0.4, 0.5) is 0 Å². The lowest BCUT2D eigenvalue weighted by Gasteiger charge is -2.17. The number of aryl methyl sites for hydroxylation is 2. The molecule has 0 fully saturated rings. The van der Waals surface area contributed by atoms with Crippen LogP contribution in [0.3, 0.4) is 0 Å². The predicted octanol–water partition coefficient (Wildman–Crippen LogP) is 2.93. The molecule has 0 radical (unpaired) electrons. The van der Waals surface area contributed by atoms with E-state index in [4.69, 9.17) is 21.7 Å². The van der Waals surface area contributed by atoms with Gasteiger partial charge in [-0.25, -0.2) is 0 Å². The monoisotopic (exact) mass is 413 g/mol. The summed E-state index contributed by atoms with van der Waals surface area (Å²) in [5.41, 5.74) is 9.79. The number of hydrogen-bond acceptors (Lipinski definition) is 4. The van der Waals surface area contributed by atoms with Crippen LogP contribution in [0, 0.1) is 0 Å². The lowest BCUT2D eigenvalue weighted by atomic mass is 9.90. The molecule has 0 heterocycles. The number of amides is 1. The molecule has 6 nitrogen and oxygen atoms in total. The number of ether oxygens (including phenoxy) is 2. The van der Waals surface area contributed by atoms with E-state index in [9.17, 15) is 4.79 Å². The smallest absolute Gasteiger partial charge is 0.269 e. The van der Waals surface area contributed by atoms with Crippen molar-refractivity contribution < 1.29 is 14.3 Å². The van der Waals surface area contributed by atoms with Gasteiger partial charge in [-0.3, -0.25) is 15.6 Å². The fourth-order valence-electron chi connectivity index (χ4n) is 3.46. The van der Waals surface area contributed by atoms with Crippen molar-refractivity contribution in [2.24, 2.45) is 0 Å². The van der Waals surface area contributed by atoms with Gasteiger partial charge in [-0.2, -0.15) is 0 Å². The van der Waals surface area contributed by atoms with Crippen molar-refractivity contribution in [1.82, 2.24) is 16.2 Å². The molecule has 3 N–H and O–H groups in total. The van der Waals surface area contributed by atoms with E-state index in [-0.39, 0.29) is 5.91 Å². The van der Waals surface area contributed by atoms with Gasteiger partial charge < -0.3 is 14.8 Å². The Hall–Kier alpha value is -2.80. The van der Waals surface area contributed by atoms with Crippen LogP contribution < -0.4 is 25.6 Å². The van der Waals surface area contributed by atoms with E-state index in [1.54, 1.807) is 14.2 Å². The Labute approximate surface area is 176 Å². The summed E-state index contributed by atoms with van der Waals surface area (Å²) in [6, 6.07) is 11.7. The summed E-state index contributed by atoms with van der Waals surface area (Å²) in [5, 5.41) is 3.46. The molecule has 0 saturated heterocycles. The van der Waals surface area contributed by atoms with Gasteiger partial charge in [-0.15, -0.1) is 0 Å². The van der Waals surface area contributed by atoms with Crippen molar-refractivity contribution in [3.63, 3.8) is 0 Å². The standard InChI is InChI=1S/C22H27N3O3S/c1-27-19-10-7-15(13-20(19)28-2)11-12-23-22(29)25-24-21(26)18-9-8-16-5-3-4-6-17(16)14-18/h7-10,13-14H,3-6,11-12H2,1-2H3,(H,24,26)(H2,23,25,29). The zero-order valence-electron chi connectivity index (χ0n) is 16.8. The molecule has 1 aliphatic carbocycles. The highest BCUT2D eigenvalue weighted by molar-refractivity contribution is 7.80. The van der Waals surface area contributed by atoms with Gasteiger partial charge >= 0.3 is 0 Å². The summed E-state index contributed by atoms with van der Waals surface area (Å²) in [5.74, 6) is 1.21. The lowest BCUT2D eigenvalue weighted by Crippen LogP contribution is -2.47. The molecule has 0 atom stereocenters. The second-order valence-corrected chi connectivity index (χ2v) is 7.37. The first kappa shape index (κ1) is 20.9. The minimum absolute atomic E-state index is 0.192. The summed E-state index contributed by atoms with van der Waals surface area (Å²) in [7, 11) is 3.23. The number of benzene rings is 2. The maximum absolute atomic E-state index is 12.4. The molecule has 2 aromatic carbocycles. The van der Waals surface area contributed by atoms with E-state index in [0.717, 1.165) is 24.8 Å². The van der Waals surface area contributed by atoms with Crippen LogP contribution in [0.25, 0.3) is 0 Å². The lowest BCUT2D eigenvalue weighted by molar-refractivity contribution is 0.0943. The normalized spacial score (nSPS) is 12.5. The number of rotatable bonds is 6. The molecule has 0 spiro atoms. The number of carbonyl (C=O) groups is 1. The molecule has 154 valence electrons. The average Bonchev–Trinajstić information content (AvgIpc) is 2.76. The Morgan fingerprint density at radius 3 is 2.48 bits per heavy atom. The molecule has 0 bridgehead atoms. The highest BCUT2D eigenvalue weighted by atomic mass is 32.1. The van der Waals surface area contributed by atoms with Crippen molar-refractivity contribution in [3.8, 4) is 11.5 Å². The minimum atomic E-state index is -0.192. The van der Waals surface area contributed by atoms with Gasteiger partial charge in [0, 0.05) is 12.1 Å². The molecule has 0 aliphatic heterocycles. The van der Waals surface area contributed by atoms with E-state index in [0.29, 0.717) is 28.7 Å². The average molecular weight is 414 g/mol. The second-order valence-electron chi connectivity index (χ2n) is 6.96. The molecule has 1 aliphatic rings. The van der Waals surface area contributed by atoms with Gasteiger partial charge in [0.2, 0.25) is 0 Å². The van der Waals surface area contributed by atoms with E-state index in [1.165, 1.54) is 24.0 Å². The zero-order chi connectivity index (χ0) is 20.6. The fraction of sp³-hybridized carbons (Fsp3) is 0.364. The number of hydrogen-bond donors (Lipinski definition) is 3. The van der Waals surface area contributed by atoms with Gasteiger partial charge in [0.25, 0.3) is 5.91 Å². The second kappa shape index (κ2) is 10.1. The molecule has 7 heteroatoms. The number of nitrogens with one attached hydrogen (secondary N) is 3. The molecular weight excluding hydrogens is 386 g/mol. The fourth-order valence-corrected chi connectivity index (χ4v) is 3.61. The number of thiocarbonyl (C=S) groups is 1. The topological polar surface area (TPSA) is 71.6 Å². The zero-order valence-corrected chi connectivity index (χ0v) is 17.7. The molecule has 0 aromatic heterocycles. The Morgan fingerprint density at radius 1 is 0.966 bits per heavy atom. The van der Waals surface area contributed by atoms with Gasteiger partial charge in [-0.1, -0.05) is 12.1 Å². The van der Waals surface area contributed by atoms with Crippen LogP contribution in [-0.4, -0.2) is 31.8 Å². The van der Waals surface area contributed by atoms with Crippen molar-refractivity contribution in [1.29, 1.82) is 0 Å². The van der Waals surface area contributed by atoms with Crippen LogP contribution in [-0.2, 0) is 19.3 Å². The van der Waals surface area contributed by atoms with Crippen molar-refractivity contribution in [3.05, 3.63) is 58.7 Å². The van der Waals surface area contributed by atoms with Gasteiger partial charge in [0.15, 0.2) is 16.6 Å². The summed E-state index contributed by atoms with van der Waals surface area (Å²) in [4.78, 5) is 12.4. The maximum atomic E-state index is 12.4. The molecule has 0 saturated carbocycles. The molecule has 0 unspecified atom stereocenters. The molecule has 1 amide bonds. The van der Waals surface area contributed by atoms with Crippen molar-refractivity contribution in [2.75, 3.05) is 20.8 Å². The summed E-state index contributed by atoms with van der Waals surface area (Å²) >= 11 is 5.24. The Morgan fingerprint density at radius 2 is 1.72 bits per heavy atom. The Bertz CT molecular complexity index is 886. The summed E-state index contributed by atoms with van der Waals surface area (Å²) in [6.07, 6.45) is 5.30. The van der Waals surface area contributed by atoms with E-state index < -0.39 is 0 Å². The molecule has 3 rings (SSSR count). The predicted molar refractivity (Wildman–Crippen MR) is 118 cm³/mol. The summed E-state index contributed by atoms with van der Waals surface area (Å²) < 4.78 is 10.6. The first-order chi connectivity index (χ1) is 14.1. The Balaban J connectivity index is 1.43.